The molecular weight excluding hydrogens is 334 g/mol. The molecule has 27 heavy (non-hydrogen) atoms. The molecule has 0 aliphatic rings. The van der Waals surface area contributed by atoms with Gasteiger partial charge in [-0.05, 0) is 47.9 Å². The summed E-state index contributed by atoms with van der Waals surface area (Å²) in [7, 11) is 0. The Kier molecular flexibility index (Phi) is 7.18. The van der Waals surface area contributed by atoms with Crippen molar-refractivity contribution in [2.75, 3.05) is 18.5 Å². The number of hydrogen-bond donors (Lipinski definition) is 1. The fourth-order valence-electron chi connectivity index (χ4n) is 2.26. The second kappa shape index (κ2) is 9.16. The van der Waals surface area contributed by atoms with Crippen molar-refractivity contribution in [1.82, 2.24) is 0 Å². The van der Waals surface area contributed by atoms with E-state index in [1.807, 2.05) is 48.5 Å². The summed E-state index contributed by atoms with van der Waals surface area (Å²) in [5.41, 5.74) is 2.38. The predicted octanol–water partition coefficient (Wildman–Crippen LogP) is 7.06. The van der Waals surface area contributed by atoms with Crippen molar-refractivity contribution in [2.24, 2.45) is 10.8 Å². The molecule has 0 saturated heterocycles. The van der Waals surface area contributed by atoms with Crippen molar-refractivity contribution in [2.45, 2.75) is 54.4 Å². The van der Waals surface area contributed by atoms with E-state index in [-0.39, 0.29) is 10.8 Å². The van der Waals surface area contributed by atoms with Crippen LogP contribution in [0.15, 0.2) is 48.5 Å². The van der Waals surface area contributed by atoms with Gasteiger partial charge in [0, 0.05) is 23.5 Å². The Morgan fingerprint density at radius 3 is 1.48 bits per heavy atom. The van der Waals surface area contributed by atoms with E-state index in [2.05, 4.69) is 46.9 Å². The molecule has 3 heteroatoms. The second-order valence-corrected chi connectivity index (χ2v) is 8.79. The van der Waals surface area contributed by atoms with Crippen LogP contribution in [0.1, 0.15) is 54.4 Å². The molecular formula is C24H35NO2. The minimum absolute atomic E-state index is 0.182. The molecule has 0 atom stereocenters. The Labute approximate surface area is 165 Å². The van der Waals surface area contributed by atoms with Gasteiger partial charge in [0.15, 0.2) is 0 Å². The van der Waals surface area contributed by atoms with Crippen LogP contribution in [0.4, 0.5) is 11.4 Å². The molecule has 2 rings (SSSR count). The van der Waals surface area contributed by atoms with Gasteiger partial charge in [0.25, 0.3) is 0 Å². The molecule has 0 unspecified atom stereocenters. The summed E-state index contributed by atoms with van der Waals surface area (Å²) < 4.78 is 12.0. The molecule has 2 aromatic carbocycles. The van der Waals surface area contributed by atoms with Crippen molar-refractivity contribution < 1.29 is 9.47 Å². The number of ether oxygens (including phenoxy) is 2. The molecule has 2 aromatic rings. The lowest BCUT2D eigenvalue weighted by molar-refractivity contribution is 0.175. The van der Waals surface area contributed by atoms with Gasteiger partial charge in [0.1, 0.15) is 11.5 Å². The quantitative estimate of drug-likeness (QED) is 0.486. The van der Waals surface area contributed by atoms with Crippen LogP contribution < -0.4 is 14.8 Å². The lowest BCUT2D eigenvalue weighted by Gasteiger charge is -2.23. The third-order valence-corrected chi connectivity index (χ3v) is 5.13. The summed E-state index contributed by atoms with van der Waals surface area (Å²) in [5.74, 6) is 1.78. The fourth-order valence-corrected chi connectivity index (χ4v) is 2.26. The third-order valence-electron chi connectivity index (χ3n) is 5.13. The largest absolute Gasteiger partial charge is 0.493 e. The lowest BCUT2D eigenvalue weighted by atomic mass is 9.92. The minimum atomic E-state index is 0.182. The molecule has 0 saturated carbocycles. The van der Waals surface area contributed by atoms with Crippen molar-refractivity contribution >= 4 is 11.4 Å². The van der Waals surface area contributed by atoms with Crippen molar-refractivity contribution in [1.29, 1.82) is 0 Å². The molecule has 0 amide bonds. The van der Waals surface area contributed by atoms with Gasteiger partial charge >= 0.3 is 0 Å². The minimum Gasteiger partial charge on any atom is -0.493 e. The second-order valence-electron chi connectivity index (χ2n) is 8.79. The zero-order chi connectivity index (χ0) is 19.9. The smallest absolute Gasteiger partial charge is 0.121 e. The highest BCUT2D eigenvalue weighted by Crippen LogP contribution is 2.27. The zero-order valence-electron chi connectivity index (χ0n) is 17.8. The fraction of sp³-hybridized carbons (Fsp3) is 0.500. The molecule has 0 spiro atoms. The van der Waals surface area contributed by atoms with Gasteiger partial charge in [-0.3, -0.25) is 0 Å². The number of anilines is 2. The summed E-state index contributed by atoms with van der Waals surface area (Å²) in [6.45, 7) is 14.7. The molecule has 0 fully saturated rings. The van der Waals surface area contributed by atoms with Crippen LogP contribution in [0.25, 0.3) is 0 Å². The van der Waals surface area contributed by atoms with Crippen LogP contribution in [0, 0.1) is 10.8 Å². The number of nitrogens with one attached hydrogen (secondary N) is 1. The van der Waals surface area contributed by atoms with Gasteiger partial charge in [0.2, 0.25) is 0 Å². The number of rotatable bonds is 10. The first-order chi connectivity index (χ1) is 12.7. The Bertz CT molecular complexity index is 660. The zero-order valence-corrected chi connectivity index (χ0v) is 17.8. The van der Waals surface area contributed by atoms with Crippen LogP contribution in [0.2, 0.25) is 0 Å². The third kappa shape index (κ3) is 7.16. The van der Waals surface area contributed by atoms with E-state index in [4.69, 9.17) is 9.47 Å². The van der Waals surface area contributed by atoms with Gasteiger partial charge in [0.05, 0.1) is 13.2 Å². The molecule has 0 radical (unpaired) electrons. The van der Waals surface area contributed by atoms with Crippen LogP contribution in [-0.2, 0) is 0 Å². The van der Waals surface area contributed by atoms with Crippen molar-refractivity contribution in [3.63, 3.8) is 0 Å². The molecule has 0 aliphatic carbocycles. The first-order valence-corrected chi connectivity index (χ1v) is 9.96. The van der Waals surface area contributed by atoms with E-state index in [9.17, 15) is 0 Å². The van der Waals surface area contributed by atoms with E-state index in [1.165, 1.54) is 0 Å². The normalized spacial score (nSPS) is 11.9. The maximum atomic E-state index is 5.99. The average molecular weight is 370 g/mol. The van der Waals surface area contributed by atoms with E-state index in [0.29, 0.717) is 13.2 Å². The Morgan fingerprint density at radius 1 is 0.704 bits per heavy atom. The van der Waals surface area contributed by atoms with Crippen LogP contribution in [0.3, 0.4) is 0 Å². The number of hydrogen-bond acceptors (Lipinski definition) is 3. The standard InChI is InChI=1S/C24H35NO2/c1-7-23(3,4)17-26-21-13-9-11-19(15-21)25-20-12-10-14-22(16-20)27-18-24(5,6)8-2/h9-16,25H,7-8,17-18H2,1-6H3. The highest BCUT2D eigenvalue weighted by molar-refractivity contribution is 5.62. The Hall–Kier alpha value is -2.16. The number of benzene rings is 2. The summed E-state index contributed by atoms with van der Waals surface area (Å²) in [4.78, 5) is 0. The van der Waals surface area contributed by atoms with Crippen LogP contribution in [-0.4, -0.2) is 13.2 Å². The summed E-state index contributed by atoms with van der Waals surface area (Å²) in [6.07, 6.45) is 2.18. The summed E-state index contributed by atoms with van der Waals surface area (Å²) in [5, 5.41) is 3.45. The summed E-state index contributed by atoms with van der Waals surface area (Å²) in [6, 6.07) is 16.2. The van der Waals surface area contributed by atoms with E-state index in [0.717, 1.165) is 35.7 Å². The van der Waals surface area contributed by atoms with Crippen LogP contribution >= 0.6 is 0 Å². The SMILES string of the molecule is CCC(C)(C)COc1cccc(Nc2cccc(OCC(C)(C)CC)c2)c1. The van der Waals surface area contributed by atoms with Crippen molar-refractivity contribution in [3.05, 3.63) is 48.5 Å². The molecule has 148 valence electrons. The monoisotopic (exact) mass is 369 g/mol. The van der Waals surface area contributed by atoms with Gasteiger partial charge in [-0.25, -0.2) is 0 Å². The van der Waals surface area contributed by atoms with Gasteiger partial charge in [-0.1, -0.05) is 53.7 Å². The van der Waals surface area contributed by atoms with Crippen LogP contribution in [0.5, 0.6) is 11.5 Å². The molecule has 0 heterocycles. The first-order valence-electron chi connectivity index (χ1n) is 9.96. The topological polar surface area (TPSA) is 30.5 Å². The first kappa shape index (κ1) is 21.1. The Morgan fingerprint density at radius 2 is 1.11 bits per heavy atom. The Balaban J connectivity index is 2.00. The average Bonchev–Trinajstić information content (AvgIpc) is 2.66. The van der Waals surface area contributed by atoms with Gasteiger partial charge in [-0.15, -0.1) is 0 Å². The maximum absolute atomic E-state index is 5.99. The van der Waals surface area contributed by atoms with Gasteiger partial charge in [-0.2, -0.15) is 0 Å². The molecule has 1 N–H and O–H groups in total. The molecule has 0 aromatic heterocycles. The highest BCUT2D eigenvalue weighted by Gasteiger charge is 2.17. The maximum Gasteiger partial charge on any atom is 0.121 e. The highest BCUT2D eigenvalue weighted by atomic mass is 16.5. The van der Waals surface area contributed by atoms with Crippen molar-refractivity contribution in [3.8, 4) is 11.5 Å². The summed E-state index contributed by atoms with van der Waals surface area (Å²) >= 11 is 0. The molecule has 3 nitrogen and oxygen atoms in total. The van der Waals surface area contributed by atoms with E-state index in [1.54, 1.807) is 0 Å². The van der Waals surface area contributed by atoms with E-state index < -0.39 is 0 Å². The predicted molar refractivity (Wildman–Crippen MR) is 115 cm³/mol. The van der Waals surface area contributed by atoms with E-state index >= 15 is 0 Å². The molecule has 0 bridgehead atoms. The molecule has 0 aliphatic heterocycles. The lowest BCUT2D eigenvalue weighted by Crippen LogP contribution is -2.20. The van der Waals surface area contributed by atoms with Gasteiger partial charge < -0.3 is 14.8 Å².